The Bertz CT molecular complexity index is 1140. The van der Waals surface area contributed by atoms with Gasteiger partial charge in [-0.05, 0) is 30.3 Å². The Labute approximate surface area is 162 Å². The van der Waals surface area contributed by atoms with Gasteiger partial charge in [-0.2, -0.15) is 0 Å². The Morgan fingerprint density at radius 3 is 2.68 bits per heavy atom. The number of urea groups is 1. The summed E-state index contributed by atoms with van der Waals surface area (Å²) in [5, 5.41) is 5.28. The summed E-state index contributed by atoms with van der Waals surface area (Å²) in [5.41, 5.74) is 3.93. The van der Waals surface area contributed by atoms with E-state index in [1.54, 1.807) is 6.20 Å². The minimum absolute atomic E-state index is 0.0716. The highest BCUT2D eigenvalue weighted by molar-refractivity contribution is 5.99. The number of hydrogen-bond donors (Lipinski definition) is 2. The van der Waals surface area contributed by atoms with Crippen molar-refractivity contribution in [3.8, 4) is 0 Å². The smallest absolute Gasteiger partial charge is 0.322 e. The summed E-state index contributed by atoms with van der Waals surface area (Å²) in [6.45, 7) is 2.99. The predicted molar refractivity (Wildman–Crippen MR) is 113 cm³/mol. The molecule has 0 bridgehead atoms. The van der Waals surface area contributed by atoms with E-state index in [2.05, 4.69) is 44.5 Å². The average Bonchev–Trinajstić information content (AvgIpc) is 3.23. The van der Waals surface area contributed by atoms with Crippen LogP contribution in [0.4, 0.5) is 16.2 Å². The van der Waals surface area contributed by atoms with Gasteiger partial charge in [0.25, 0.3) is 0 Å². The molecule has 2 aromatic heterocycles. The van der Waals surface area contributed by atoms with Crippen LogP contribution in [0.2, 0.25) is 0 Å². The van der Waals surface area contributed by atoms with Crippen LogP contribution in [-0.2, 0) is 0 Å². The zero-order valence-electron chi connectivity index (χ0n) is 15.4. The highest BCUT2D eigenvalue weighted by atomic mass is 16.2. The van der Waals surface area contributed by atoms with Crippen molar-refractivity contribution in [3.05, 3.63) is 67.0 Å². The van der Waals surface area contributed by atoms with Crippen molar-refractivity contribution in [1.29, 1.82) is 0 Å². The quantitative estimate of drug-likeness (QED) is 0.558. The van der Waals surface area contributed by atoms with Gasteiger partial charge in [-0.1, -0.05) is 24.3 Å². The molecule has 2 aromatic carbocycles. The number of hydrogen-bond acceptors (Lipinski definition) is 3. The van der Waals surface area contributed by atoms with Gasteiger partial charge in [0.05, 0.1) is 11.2 Å². The van der Waals surface area contributed by atoms with Crippen molar-refractivity contribution in [2.24, 2.45) is 0 Å². The summed E-state index contributed by atoms with van der Waals surface area (Å²) in [4.78, 5) is 24.7. The Morgan fingerprint density at radius 1 is 0.964 bits per heavy atom. The number of aromatic amines is 1. The molecular weight excluding hydrogens is 350 g/mol. The number of H-pyrrole nitrogens is 1. The van der Waals surface area contributed by atoms with Gasteiger partial charge in [0.1, 0.15) is 0 Å². The predicted octanol–water partition coefficient (Wildman–Crippen LogP) is 4.07. The van der Waals surface area contributed by atoms with E-state index in [0.29, 0.717) is 13.1 Å². The molecule has 2 N–H and O–H groups in total. The number of carbonyl (C=O) groups is 1. The first kappa shape index (κ1) is 16.6. The first-order valence-electron chi connectivity index (χ1n) is 9.50. The molecule has 1 saturated heterocycles. The third kappa shape index (κ3) is 2.93. The molecule has 4 aromatic rings. The number of amides is 2. The van der Waals surface area contributed by atoms with Gasteiger partial charge in [-0.15, -0.1) is 0 Å². The number of rotatable bonds is 2. The van der Waals surface area contributed by atoms with E-state index in [4.69, 9.17) is 0 Å². The van der Waals surface area contributed by atoms with E-state index in [1.165, 1.54) is 11.1 Å². The monoisotopic (exact) mass is 371 g/mol. The van der Waals surface area contributed by atoms with Crippen molar-refractivity contribution >= 4 is 39.2 Å². The van der Waals surface area contributed by atoms with E-state index in [1.807, 2.05) is 41.4 Å². The van der Waals surface area contributed by atoms with Gasteiger partial charge in [0.15, 0.2) is 0 Å². The van der Waals surface area contributed by atoms with Crippen LogP contribution in [0.15, 0.2) is 67.0 Å². The molecule has 0 spiro atoms. The molecule has 5 rings (SSSR count). The zero-order valence-corrected chi connectivity index (χ0v) is 15.4. The third-order valence-electron chi connectivity index (χ3n) is 5.35. The van der Waals surface area contributed by atoms with Crippen molar-refractivity contribution in [1.82, 2.24) is 14.9 Å². The molecule has 1 aliphatic heterocycles. The number of anilines is 2. The number of nitrogens with one attached hydrogen (secondary N) is 2. The summed E-state index contributed by atoms with van der Waals surface area (Å²) < 4.78 is 0. The van der Waals surface area contributed by atoms with Crippen LogP contribution in [-0.4, -0.2) is 47.1 Å². The van der Waals surface area contributed by atoms with Crippen LogP contribution in [0, 0.1) is 0 Å². The Kier molecular flexibility index (Phi) is 4.09. The SMILES string of the molecule is O=C(Nc1cccc2cccnc12)N1CCN(c2cccc3[nH]ccc23)CC1. The van der Waals surface area contributed by atoms with Gasteiger partial charge >= 0.3 is 6.03 Å². The number of piperazine rings is 1. The average molecular weight is 371 g/mol. The molecule has 1 aliphatic rings. The molecule has 0 aliphatic carbocycles. The first-order chi connectivity index (χ1) is 13.8. The fourth-order valence-electron chi connectivity index (χ4n) is 3.89. The van der Waals surface area contributed by atoms with Gasteiger partial charge in [0.2, 0.25) is 0 Å². The molecule has 2 amide bonds. The summed E-state index contributed by atoms with van der Waals surface area (Å²) in [6.07, 6.45) is 3.72. The second-order valence-corrected chi connectivity index (χ2v) is 7.00. The van der Waals surface area contributed by atoms with Crippen LogP contribution in [0.25, 0.3) is 21.8 Å². The molecule has 0 radical (unpaired) electrons. The normalized spacial score (nSPS) is 14.6. The zero-order chi connectivity index (χ0) is 18.9. The van der Waals surface area contributed by atoms with Crippen LogP contribution in [0.5, 0.6) is 0 Å². The molecule has 6 nitrogen and oxygen atoms in total. The van der Waals surface area contributed by atoms with Crippen LogP contribution < -0.4 is 10.2 Å². The lowest BCUT2D eigenvalue weighted by Crippen LogP contribution is -2.50. The van der Waals surface area contributed by atoms with Gasteiger partial charge in [-0.3, -0.25) is 4.98 Å². The lowest BCUT2D eigenvalue weighted by molar-refractivity contribution is 0.208. The van der Waals surface area contributed by atoms with Crippen molar-refractivity contribution in [3.63, 3.8) is 0 Å². The summed E-state index contributed by atoms with van der Waals surface area (Å²) in [5.74, 6) is 0. The summed E-state index contributed by atoms with van der Waals surface area (Å²) >= 11 is 0. The van der Waals surface area contributed by atoms with Crippen molar-refractivity contribution in [2.45, 2.75) is 0 Å². The van der Waals surface area contributed by atoms with Crippen molar-refractivity contribution < 1.29 is 4.79 Å². The molecule has 3 heterocycles. The van der Waals surface area contributed by atoms with E-state index in [0.717, 1.165) is 35.2 Å². The number of carbonyl (C=O) groups excluding carboxylic acids is 1. The molecule has 0 saturated carbocycles. The van der Waals surface area contributed by atoms with E-state index >= 15 is 0 Å². The molecule has 0 unspecified atom stereocenters. The summed E-state index contributed by atoms with van der Waals surface area (Å²) in [6, 6.07) is 18.1. The lowest BCUT2D eigenvalue weighted by atomic mass is 10.1. The maximum atomic E-state index is 12.8. The molecule has 140 valence electrons. The second-order valence-electron chi connectivity index (χ2n) is 7.00. The molecule has 0 atom stereocenters. The topological polar surface area (TPSA) is 64.3 Å². The Morgan fingerprint density at radius 2 is 1.79 bits per heavy atom. The number of benzene rings is 2. The molecule has 6 heteroatoms. The lowest BCUT2D eigenvalue weighted by Gasteiger charge is -2.36. The van der Waals surface area contributed by atoms with E-state index < -0.39 is 0 Å². The summed E-state index contributed by atoms with van der Waals surface area (Å²) in [7, 11) is 0. The number of aromatic nitrogens is 2. The highest BCUT2D eigenvalue weighted by Gasteiger charge is 2.22. The second kappa shape index (κ2) is 6.88. The van der Waals surface area contributed by atoms with E-state index in [-0.39, 0.29) is 6.03 Å². The van der Waals surface area contributed by atoms with Gasteiger partial charge in [-0.25, -0.2) is 4.79 Å². The van der Waals surface area contributed by atoms with E-state index in [9.17, 15) is 4.79 Å². The molecule has 1 fully saturated rings. The highest BCUT2D eigenvalue weighted by Crippen LogP contribution is 2.27. The van der Waals surface area contributed by atoms with Gasteiger partial charge in [0, 0.05) is 60.5 Å². The number of para-hydroxylation sites is 1. The minimum atomic E-state index is -0.0716. The van der Waals surface area contributed by atoms with Crippen LogP contribution in [0.3, 0.4) is 0 Å². The fraction of sp³-hybridized carbons (Fsp3) is 0.182. The van der Waals surface area contributed by atoms with Crippen LogP contribution in [0.1, 0.15) is 0 Å². The largest absolute Gasteiger partial charge is 0.367 e. The Hall–Kier alpha value is -3.54. The van der Waals surface area contributed by atoms with Gasteiger partial charge < -0.3 is 20.1 Å². The molecule has 28 heavy (non-hydrogen) atoms. The number of nitrogens with zero attached hydrogens (tertiary/aromatic N) is 3. The minimum Gasteiger partial charge on any atom is -0.367 e. The van der Waals surface area contributed by atoms with Crippen molar-refractivity contribution in [2.75, 3.05) is 36.4 Å². The molecular formula is C22H21N5O. The maximum Gasteiger partial charge on any atom is 0.322 e. The fourth-order valence-corrected chi connectivity index (χ4v) is 3.89. The standard InChI is InChI=1S/C22H21N5O/c28-22(25-19-7-1-4-16-5-3-10-24-21(16)19)27-14-12-26(13-15-27)20-8-2-6-18-17(20)9-11-23-18/h1-11,23H,12-15H2,(H,25,28). The number of pyridine rings is 1. The Balaban J connectivity index is 1.29. The number of fused-ring (bicyclic) bond motifs is 2. The third-order valence-corrected chi connectivity index (χ3v) is 5.35. The van der Waals surface area contributed by atoms with Crippen LogP contribution >= 0.6 is 0 Å². The first-order valence-corrected chi connectivity index (χ1v) is 9.50. The maximum absolute atomic E-state index is 12.8.